The van der Waals surface area contributed by atoms with Crippen LogP contribution in [-0.2, 0) is 6.54 Å². The average molecular weight is 262 g/mol. The summed E-state index contributed by atoms with van der Waals surface area (Å²) in [4.78, 5) is 8.52. The number of hydrogen-bond donors (Lipinski definition) is 0. The second-order valence-electron chi connectivity index (χ2n) is 3.40. The second kappa shape index (κ2) is 3.31. The molecule has 15 heavy (non-hydrogen) atoms. The van der Waals surface area contributed by atoms with Crippen LogP contribution in [0.5, 0.6) is 0 Å². The molecule has 0 amide bonds. The van der Waals surface area contributed by atoms with E-state index in [0.29, 0.717) is 6.54 Å². The molecule has 3 rings (SSSR count). The maximum atomic E-state index is 4.37. The molecule has 0 fully saturated rings. The Morgan fingerprint density at radius 3 is 3.20 bits per heavy atom. The highest BCUT2D eigenvalue weighted by Gasteiger charge is 2.12. The largest absolute Gasteiger partial charge is 0.301 e. The predicted octanol–water partition coefficient (Wildman–Crippen LogP) is 2.57. The van der Waals surface area contributed by atoms with E-state index in [1.54, 1.807) is 0 Å². The van der Waals surface area contributed by atoms with Crippen molar-refractivity contribution in [1.82, 2.24) is 9.55 Å². The first-order valence-corrected chi connectivity index (χ1v) is 5.45. The standard InChI is InChI=1S/C11H8BrN3/c12-10-2-1-3-11-9(10)6-13-4-8-5-14-7-15(8)11/h1-3,5-7H,4H2. The van der Waals surface area contributed by atoms with Crippen LogP contribution in [-0.4, -0.2) is 15.8 Å². The van der Waals surface area contributed by atoms with Crippen molar-refractivity contribution in [3.8, 4) is 5.69 Å². The fourth-order valence-corrected chi connectivity index (χ4v) is 2.21. The smallest absolute Gasteiger partial charge is 0.0995 e. The van der Waals surface area contributed by atoms with Gasteiger partial charge in [0.2, 0.25) is 0 Å². The zero-order valence-electron chi connectivity index (χ0n) is 7.89. The Kier molecular flexibility index (Phi) is 1.95. The van der Waals surface area contributed by atoms with Gasteiger partial charge in [0.25, 0.3) is 0 Å². The molecule has 0 saturated carbocycles. The number of halogens is 1. The summed E-state index contributed by atoms with van der Waals surface area (Å²) in [5, 5.41) is 0. The molecule has 1 aliphatic rings. The highest BCUT2D eigenvalue weighted by atomic mass is 79.9. The van der Waals surface area contributed by atoms with E-state index in [1.165, 1.54) is 0 Å². The number of hydrogen-bond acceptors (Lipinski definition) is 2. The van der Waals surface area contributed by atoms with Gasteiger partial charge in [-0.15, -0.1) is 0 Å². The Morgan fingerprint density at radius 1 is 1.33 bits per heavy atom. The first-order valence-electron chi connectivity index (χ1n) is 4.66. The lowest BCUT2D eigenvalue weighted by atomic mass is 10.2. The second-order valence-corrected chi connectivity index (χ2v) is 4.25. The van der Waals surface area contributed by atoms with E-state index in [4.69, 9.17) is 0 Å². The predicted molar refractivity (Wildman–Crippen MR) is 62.6 cm³/mol. The van der Waals surface area contributed by atoms with Gasteiger partial charge in [-0.2, -0.15) is 0 Å². The summed E-state index contributed by atoms with van der Waals surface area (Å²) in [6.07, 6.45) is 5.59. The van der Waals surface area contributed by atoms with Crippen LogP contribution in [0.1, 0.15) is 11.3 Å². The van der Waals surface area contributed by atoms with Crippen LogP contribution in [0.2, 0.25) is 0 Å². The number of fused-ring (bicyclic) bond motifs is 3. The van der Waals surface area contributed by atoms with Crippen LogP contribution >= 0.6 is 15.9 Å². The van der Waals surface area contributed by atoms with E-state index in [2.05, 4.69) is 36.5 Å². The van der Waals surface area contributed by atoms with E-state index in [9.17, 15) is 0 Å². The Balaban J connectivity index is 2.36. The van der Waals surface area contributed by atoms with Crippen molar-refractivity contribution in [2.24, 2.45) is 4.99 Å². The topological polar surface area (TPSA) is 30.2 Å². The van der Waals surface area contributed by atoms with Crippen molar-refractivity contribution >= 4 is 22.1 Å². The number of aliphatic imine (C=N–C) groups is 1. The third kappa shape index (κ3) is 1.33. The summed E-state index contributed by atoms with van der Waals surface area (Å²) in [7, 11) is 0. The van der Waals surface area contributed by atoms with Gasteiger partial charge in [-0.25, -0.2) is 4.98 Å². The Morgan fingerprint density at radius 2 is 2.27 bits per heavy atom. The summed E-state index contributed by atoms with van der Waals surface area (Å²) in [6.45, 7) is 0.682. The van der Waals surface area contributed by atoms with Crippen molar-refractivity contribution in [2.75, 3.05) is 0 Å². The van der Waals surface area contributed by atoms with Gasteiger partial charge in [0, 0.05) is 16.3 Å². The molecule has 1 aliphatic heterocycles. The zero-order valence-corrected chi connectivity index (χ0v) is 9.48. The van der Waals surface area contributed by atoms with Gasteiger partial charge in [0.15, 0.2) is 0 Å². The minimum absolute atomic E-state index is 0.682. The minimum Gasteiger partial charge on any atom is -0.301 e. The molecule has 1 aromatic carbocycles. The Bertz CT molecular complexity index is 543. The number of aromatic nitrogens is 2. The molecule has 2 heterocycles. The van der Waals surface area contributed by atoms with Crippen LogP contribution in [0.3, 0.4) is 0 Å². The molecule has 1 aromatic heterocycles. The Labute approximate surface area is 95.6 Å². The van der Waals surface area contributed by atoms with Gasteiger partial charge < -0.3 is 4.57 Å². The van der Waals surface area contributed by atoms with E-state index in [0.717, 1.165) is 21.4 Å². The third-order valence-corrected chi connectivity index (χ3v) is 3.17. The average Bonchev–Trinajstić information content (AvgIpc) is 2.62. The monoisotopic (exact) mass is 261 g/mol. The van der Waals surface area contributed by atoms with Crippen molar-refractivity contribution in [3.05, 3.63) is 46.5 Å². The van der Waals surface area contributed by atoms with Crippen LogP contribution in [0.15, 0.2) is 40.2 Å². The quantitative estimate of drug-likeness (QED) is 0.717. The molecule has 4 heteroatoms. The van der Waals surface area contributed by atoms with Crippen LogP contribution in [0.25, 0.3) is 5.69 Å². The molecule has 0 saturated heterocycles. The van der Waals surface area contributed by atoms with Crippen molar-refractivity contribution in [2.45, 2.75) is 6.54 Å². The maximum Gasteiger partial charge on any atom is 0.0995 e. The van der Waals surface area contributed by atoms with Crippen molar-refractivity contribution in [3.63, 3.8) is 0 Å². The molecule has 0 unspecified atom stereocenters. The van der Waals surface area contributed by atoms with Crippen LogP contribution in [0.4, 0.5) is 0 Å². The summed E-state index contributed by atoms with van der Waals surface area (Å²) < 4.78 is 3.14. The third-order valence-electron chi connectivity index (χ3n) is 2.48. The first kappa shape index (κ1) is 8.85. The molecule has 0 atom stereocenters. The summed E-state index contributed by atoms with van der Waals surface area (Å²) in [5.74, 6) is 0. The zero-order chi connectivity index (χ0) is 10.3. The molecule has 0 spiro atoms. The number of rotatable bonds is 0. The fraction of sp³-hybridized carbons (Fsp3) is 0.0909. The van der Waals surface area contributed by atoms with Crippen molar-refractivity contribution in [1.29, 1.82) is 0 Å². The van der Waals surface area contributed by atoms with Crippen LogP contribution in [0, 0.1) is 0 Å². The SMILES string of the molecule is Brc1cccc2c1C=NCc1cncn1-2. The first-order chi connectivity index (χ1) is 7.36. The molecule has 0 aliphatic carbocycles. The molecule has 0 bridgehead atoms. The summed E-state index contributed by atoms with van der Waals surface area (Å²) >= 11 is 3.53. The lowest BCUT2D eigenvalue weighted by Gasteiger charge is -2.08. The van der Waals surface area contributed by atoms with Gasteiger partial charge in [-0.1, -0.05) is 22.0 Å². The van der Waals surface area contributed by atoms with E-state index >= 15 is 0 Å². The van der Waals surface area contributed by atoms with Gasteiger partial charge in [0.05, 0.1) is 30.5 Å². The van der Waals surface area contributed by atoms with Gasteiger partial charge in [-0.3, -0.25) is 4.99 Å². The lowest BCUT2D eigenvalue weighted by molar-refractivity contribution is 0.924. The minimum atomic E-state index is 0.682. The normalized spacial score (nSPS) is 13.1. The van der Waals surface area contributed by atoms with Gasteiger partial charge >= 0.3 is 0 Å². The number of imidazole rings is 1. The lowest BCUT2D eigenvalue weighted by Crippen LogP contribution is -1.99. The molecule has 0 N–H and O–H groups in total. The van der Waals surface area contributed by atoms with E-state index < -0.39 is 0 Å². The molecule has 3 nitrogen and oxygen atoms in total. The summed E-state index contributed by atoms with van der Waals surface area (Å²) in [5.41, 5.74) is 3.34. The molecule has 2 aromatic rings. The molecule has 74 valence electrons. The number of nitrogens with zero attached hydrogens (tertiary/aromatic N) is 3. The van der Waals surface area contributed by atoms with E-state index in [1.807, 2.05) is 30.9 Å². The molecule has 0 radical (unpaired) electrons. The van der Waals surface area contributed by atoms with Gasteiger partial charge in [0.1, 0.15) is 0 Å². The Hall–Kier alpha value is -1.42. The van der Waals surface area contributed by atoms with Crippen LogP contribution < -0.4 is 0 Å². The summed E-state index contributed by atoms with van der Waals surface area (Å²) in [6, 6.07) is 6.11. The maximum absolute atomic E-state index is 4.37. The molecular formula is C11H8BrN3. The fourth-order valence-electron chi connectivity index (χ4n) is 1.75. The van der Waals surface area contributed by atoms with E-state index in [-0.39, 0.29) is 0 Å². The molecular weight excluding hydrogens is 254 g/mol. The van der Waals surface area contributed by atoms with Crippen molar-refractivity contribution < 1.29 is 0 Å². The highest BCUT2D eigenvalue weighted by Crippen LogP contribution is 2.25. The highest BCUT2D eigenvalue weighted by molar-refractivity contribution is 9.10. The number of benzene rings is 1. The van der Waals surface area contributed by atoms with Gasteiger partial charge in [-0.05, 0) is 12.1 Å².